The minimum atomic E-state index is -0.363. The molecule has 0 amide bonds. The number of aromatic nitrogens is 5. The van der Waals surface area contributed by atoms with E-state index < -0.39 is 0 Å². The summed E-state index contributed by atoms with van der Waals surface area (Å²) in [4.78, 5) is 4.30. The number of nitrogens with zero attached hydrogens (tertiary/aromatic N) is 5. The number of halogens is 1. The largest absolute Gasteiger partial charge is 0.334 e. The molecule has 0 saturated carbocycles. The summed E-state index contributed by atoms with van der Waals surface area (Å²) in [6.45, 7) is 1.88. The van der Waals surface area contributed by atoms with Crippen molar-refractivity contribution in [2.24, 2.45) is 0 Å². The third kappa shape index (κ3) is 2.45. The predicted molar refractivity (Wildman–Crippen MR) is 84.8 cm³/mol. The Bertz CT molecular complexity index is 993. The molecule has 2 aromatic heterocycles. The Labute approximate surface area is 136 Å². The third-order valence-corrected chi connectivity index (χ3v) is 3.60. The van der Waals surface area contributed by atoms with Crippen LogP contribution < -0.4 is 0 Å². The molecule has 4 rings (SSSR count). The van der Waals surface area contributed by atoms with Crippen molar-refractivity contribution in [3.8, 4) is 28.7 Å². The summed E-state index contributed by atoms with van der Waals surface area (Å²) in [5.41, 5.74) is 2.71. The van der Waals surface area contributed by atoms with Crippen molar-refractivity contribution >= 4 is 0 Å². The molecule has 7 heteroatoms. The van der Waals surface area contributed by atoms with Gasteiger partial charge in [-0.1, -0.05) is 34.6 Å². The Balaban J connectivity index is 1.72. The van der Waals surface area contributed by atoms with Crippen LogP contribution in [0.4, 0.5) is 4.39 Å². The summed E-state index contributed by atoms with van der Waals surface area (Å²) < 4.78 is 20.2. The van der Waals surface area contributed by atoms with Gasteiger partial charge < -0.3 is 4.52 Å². The lowest BCUT2D eigenvalue weighted by Crippen LogP contribution is -1.98. The maximum atomic E-state index is 13.3. The van der Waals surface area contributed by atoms with Crippen LogP contribution in [0.15, 0.2) is 59.1 Å². The monoisotopic (exact) mass is 321 g/mol. The molecule has 2 heterocycles. The number of rotatable bonds is 3. The van der Waals surface area contributed by atoms with Crippen LogP contribution >= 0.6 is 0 Å². The second kappa shape index (κ2) is 5.69. The molecule has 0 unspecified atom stereocenters. The molecule has 4 aromatic rings. The Morgan fingerprint density at radius 3 is 2.67 bits per heavy atom. The van der Waals surface area contributed by atoms with Crippen molar-refractivity contribution < 1.29 is 8.91 Å². The molecule has 2 aromatic carbocycles. The fourth-order valence-electron chi connectivity index (χ4n) is 2.41. The lowest BCUT2D eigenvalue weighted by molar-refractivity contribution is 0.431. The highest BCUT2D eigenvalue weighted by atomic mass is 19.1. The molecule has 0 aliphatic heterocycles. The van der Waals surface area contributed by atoms with Crippen LogP contribution in [0, 0.1) is 12.7 Å². The van der Waals surface area contributed by atoms with E-state index in [1.807, 2.05) is 37.3 Å². The van der Waals surface area contributed by atoms with E-state index in [0.29, 0.717) is 17.1 Å². The standard InChI is InChI=1S/C17H12FN5O/c1-11-15(20-22-23(11)14-8-3-2-4-9-14)16-19-17(24-21-16)12-6-5-7-13(18)10-12/h2-10H,1H3. The zero-order valence-corrected chi connectivity index (χ0v) is 12.7. The third-order valence-electron chi connectivity index (χ3n) is 3.60. The van der Waals surface area contributed by atoms with Gasteiger partial charge in [-0.15, -0.1) is 5.10 Å². The van der Waals surface area contributed by atoms with E-state index in [0.717, 1.165) is 11.4 Å². The number of para-hydroxylation sites is 1. The van der Waals surface area contributed by atoms with Crippen molar-refractivity contribution in [2.45, 2.75) is 6.92 Å². The zero-order valence-electron chi connectivity index (χ0n) is 12.7. The highest BCUT2D eigenvalue weighted by Crippen LogP contribution is 2.24. The van der Waals surface area contributed by atoms with E-state index in [4.69, 9.17) is 4.52 Å². The normalized spacial score (nSPS) is 10.9. The van der Waals surface area contributed by atoms with E-state index >= 15 is 0 Å². The van der Waals surface area contributed by atoms with Gasteiger partial charge in [-0.05, 0) is 37.3 Å². The van der Waals surface area contributed by atoms with Gasteiger partial charge in [0.15, 0.2) is 5.69 Å². The van der Waals surface area contributed by atoms with Crippen molar-refractivity contribution in [3.05, 3.63) is 66.1 Å². The van der Waals surface area contributed by atoms with Crippen molar-refractivity contribution in [2.75, 3.05) is 0 Å². The van der Waals surface area contributed by atoms with Crippen LogP contribution in [0.3, 0.4) is 0 Å². The van der Waals surface area contributed by atoms with Crippen LogP contribution in [0.2, 0.25) is 0 Å². The van der Waals surface area contributed by atoms with Crippen molar-refractivity contribution in [1.82, 2.24) is 25.1 Å². The maximum Gasteiger partial charge on any atom is 0.258 e. The Morgan fingerprint density at radius 2 is 1.88 bits per heavy atom. The number of hydrogen-bond acceptors (Lipinski definition) is 5. The first-order valence-electron chi connectivity index (χ1n) is 7.30. The van der Waals surface area contributed by atoms with Crippen molar-refractivity contribution in [3.63, 3.8) is 0 Å². The zero-order chi connectivity index (χ0) is 16.5. The molecule has 24 heavy (non-hydrogen) atoms. The topological polar surface area (TPSA) is 69.6 Å². The molecular formula is C17H12FN5O. The molecule has 0 fully saturated rings. The minimum Gasteiger partial charge on any atom is -0.334 e. The molecule has 0 radical (unpaired) electrons. The van der Waals surface area contributed by atoms with Gasteiger partial charge in [0, 0.05) is 5.56 Å². The van der Waals surface area contributed by atoms with Gasteiger partial charge in [-0.3, -0.25) is 0 Å². The molecule has 0 spiro atoms. The highest BCUT2D eigenvalue weighted by Gasteiger charge is 2.18. The SMILES string of the molecule is Cc1c(-c2noc(-c3cccc(F)c3)n2)nnn1-c1ccccc1. The van der Waals surface area contributed by atoms with Crippen LogP contribution in [0.25, 0.3) is 28.7 Å². The fourth-order valence-corrected chi connectivity index (χ4v) is 2.41. The van der Waals surface area contributed by atoms with E-state index in [1.165, 1.54) is 12.1 Å². The number of hydrogen-bond donors (Lipinski definition) is 0. The predicted octanol–water partition coefficient (Wildman–Crippen LogP) is 3.43. The van der Waals surface area contributed by atoms with E-state index in [1.54, 1.807) is 16.8 Å². The molecule has 0 aliphatic rings. The average molecular weight is 321 g/mol. The van der Waals surface area contributed by atoms with E-state index in [2.05, 4.69) is 20.5 Å². The molecule has 6 nitrogen and oxygen atoms in total. The van der Waals surface area contributed by atoms with Crippen LogP contribution in [-0.2, 0) is 0 Å². The van der Waals surface area contributed by atoms with Gasteiger partial charge in [-0.2, -0.15) is 4.98 Å². The lowest BCUT2D eigenvalue weighted by atomic mass is 10.2. The molecule has 0 saturated heterocycles. The second-order valence-corrected chi connectivity index (χ2v) is 5.20. The van der Waals surface area contributed by atoms with Gasteiger partial charge >= 0.3 is 0 Å². The van der Waals surface area contributed by atoms with Gasteiger partial charge in [-0.25, -0.2) is 9.07 Å². The Hall–Kier alpha value is -3.35. The van der Waals surface area contributed by atoms with Gasteiger partial charge in [0.25, 0.3) is 5.89 Å². The molecule has 0 aliphatic carbocycles. The summed E-state index contributed by atoms with van der Waals surface area (Å²) in [6.07, 6.45) is 0. The first-order chi connectivity index (χ1) is 11.7. The molecule has 118 valence electrons. The molecule has 0 bridgehead atoms. The summed E-state index contributed by atoms with van der Waals surface area (Å²) in [5, 5.41) is 12.2. The molecule has 0 atom stereocenters. The van der Waals surface area contributed by atoms with Crippen LogP contribution in [0.5, 0.6) is 0 Å². The Kier molecular flexibility index (Phi) is 3.38. The summed E-state index contributed by atoms with van der Waals surface area (Å²) >= 11 is 0. The summed E-state index contributed by atoms with van der Waals surface area (Å²) in [6, 6.07) is 15.6. The first kappa shape index (κ1) is 14.3. The highest BCUT2D eigenvalue weighted by molar-refractivity contribution is 5.58. The van der Waals surface area contributed by atoms with E-state index in [-0.39, 0.29) is 11.7 Å². The minimum absolute atomic E-state index is 0.234. The van der Waals surface area contributed by atoms with Gasteiger partial charge in [0.05, 0.1) is 11.4 Å². The van der Waals surface area contributed by atoms with Crippen molar-refractivity contribution in [1.29, 1.82) is 0 Å². The summed E-state index contributed by atoms with van der Waals surface area (Å²) in [7, 11) is 0. The van der Waals surface area contributed by atoms with Crippen LogP contribution in [0.1, 0.15) is 5.69 Å². The van der Waals surface area contributed by atoms with Gasteiger partial charge in [0.2, 0.25) is 5.82 Å². The first-order valence-corrected chi connectivity index (χ1v) is 7.30. The van der Waals surface area contributed by atoms with Gasteiger partial charge in [0.1, 0.15) is 5.82 Å². The summed E-state index contributed by atoms with van der Waals surface area (Å²) in [5.74, 6) is 0.186. The average Bonchev–Trinajstić information content (AvgIpc) is 3.22. The second-order valence-electron chi connectivity index (χ2n) is 5.20. The fraction of sp³-hybridized carbons (Fsp3) is 0.0588. The quantitative estimate of drug-likeness (QED) is 0.578. The van der Waals surface area contributed by atoms with E-state index in [9.17, 15) is 4.39 Å². The smallest absolute Gasteiger partial charge is 0.258 e. The Morgan fingerprint density at radius 1 is 1.04 bits per heavy atom. The lowest BCUT2D eigenvalue weighted by Gasteiger charge is -2.01. The molecular weight excluding hydrogens is 309 g/mol. The number of benzene rings is 2. The van der Waals surface area contributed by atoms with Crippen LogP contribution in [-0.4, -0.2) is 25.1 Å². The molecule has 0 N–H and O–H groups in total. The maximum absolute atomic E-state index is 13.3.